The Kier molecular flexibility index (Phi) is 7.65. The van der Waals surface area contributed by atoms with Crippen LogP contribution in [0.2, 0.25) is 0 Å². The van der Waals surface area contributed by atoms with Gasteiger partial charge in [0.25, 0.3) is 5.91 Å². The third kappa shape index (κ3) is 4.25. The Labute approximate surface area is 160 Å². The van der Waals surface area contributed by atoms with Crippen LogP contribution in [0.15, 0.2) is 12.3 Å². The summed E-state index contributed by atoms with van der Waals surface area (Å²) < 4.78 is 1.88. The molecule has 0 bridgehead atoms. The molecule has 6 nitrogen and oxygen atoms in total. The van der Waals surface area contributed by atoms with Crippen LogP contribution in [0.5, 0.6) is 0 Å². The number of nitrogens with zero attached hydrogens (tertiary/aromatic N) is 3. The zero-order valence-electron chi connectivity index (χ0n) is 14.9. The minimum Gasteiger partial charge on any atom is -0.349 e. The number of nitrogens with two attached hydrogens (primary N) is 1. The molecule has 2 aromatic heterocycles. The summed E-state index contributed by atoms with van der Waals surface area (Å²) in [6.07, 6.45) is 5.01. The van der Waals surface area contributed by atoms with Crippen molar-refractivity contribution in [2.45, 2.75) is 52.1 Å². The van der Waals surface area contributed by atoms with Crippen molar-refractivity contribution in [3.05, 3.63) is 23.5 Å². The lowest BCUT2D eigenvalue weighted by molar-refractivity contribution is 0.0928. The van der Waals surface area contributed by atoms with Gasteiger partial charge in [0.2, 0.25) is 0 Å². The Morgan fingerprint density at radius 2 is 2.12 bits per heavy atom. The number of carbonyl (C=O) groups excluding carboxylic acids is 1. The number of halogens is 2. The van der Waals surface area contributed by atoms with E-state index in [1.54, 1.807) is 6.20 Å². The lowest BCUT2D eigenvalue weighted by atomic mass is 10.0. The van der Waals surface area contributed by atoms with Gasteiger partial charge in [0, 0.05) is 17.5 Å². The van der Waals surface area contributed by atoms with Gasteiger partial charge in [-0.2, -0.15) is 5.10 Å². The van der Waals surface area contributed by atoms with Gasteiger partial charge in [-0.25, -0.2) is 9.67 Å². The van der Waals surface area contributed by atoms with E-state index in [9.17, 15) is 4.79 Å². The first-order chi connectivity index (χ1) is 11.0. The minimum absolute atomic E-state index is 0. The molecular formula is C17H27Cl2N5O. The van der Waals surface area contributed by atoms with Crippen LogP contribution >= 0.6 is 24.8 Å². The fraction of sp³-hybridized carbons (Fsp3) is 0.588. The molecule has 3 rings (SSSR count). The summed E-state index contributed by atoms with van der Waals surface area (Å²) in [6.45, 7) is 6.64. The number of aromatic nitrogens is 3. The van der Waals surface area contributed by atoms with E-state index in [2.05, 4.69) is 29.2 Å². The maximum absolute atomic E-state index is 12.6. The van der Waals surface area contributed by atoms with Crippen LogP contribution in [0, 0.1) is 12.8 Å². The van der Waals surface area contributed by atoms with Gasteiger partial charge < -0.3 is 11.1 Å². The second-order valence-corrected chi connectivity index (χ2v) is 6.72. The van der Waals surface area contributed by atoms with Crippen molar-refractivity contribution < 1.29 is 4.79 Å². The maximum atomic E-state index is 12.6. The molecule has 1 fully saturated rings. The number of fused-ring (bicyclic) bond motifs is 1. The molecule has 3 N–H and O–H groups in total. The summed E-state index contributed by atoms with van der Waals surface area (Å²) in [5.74, 6) is 0.333. The number of nitrogens with one attached hydrogen (secondary N) is 1. The fourth-order valence-corrected chi connectivity index (χ4v) is 3.43. The van der Waals surface area contributed by atoms with Crippen molar-refractivity contribution in [3.63, 3.8) is 0 Å². The zero-order chi connectivity index (χ0) is 16.6. The summed E-state index contributed by atoms with van der Waals surface area (Å²) in [4.78, 5) is 17.3. The SMILES string of the molecule is Cc1nc2c(cnn2C(C)C)cc1C(=O)NC1CCCC1CN.Cl.Cl. The molecule has 0 aromatic carbocycles. The molecule has 0 saturated heterocycles. The van der Waals surface area contributed by atoms with Crippen molar-refractivity contribution in [2.75, 3.05) is 6.54 Å². The van der Waals surface area contributed by atoms with Crippen molar-refractivity contribution in [1.29, 1.82) is 0 Å². The standard InChI is InChI=1S/C17H25N5O.2ClH/c1-10(2)22-16-13(9-19-22)7-14(11(3)20-16)17(23)21-15-6-4-5-12(15)8-18;;/h7,9-10,12,15H,4-6,8,18H2,1-3H3,(H,21,23);2*1H. The lowest BCUT2D eigenvalue weighted by Crippen LogP contribution is -2.40. The quantitative estimate of drug-likeness (QED) is 0.843. The summed E-state index contributed by atoms with van der Waals surface area (Å²) in [5.41, 5.74) is 7.99. The molecule has 25 heavy (non-hydrogen) atoms. The third-order valence-corrected chi connectivity index (χ3v) is 4.77. The first-order valence-electron chi connectivity index (χ1n) is 8.37. The second kappa shape index (κ2) is 8.83. The number of aryl methyl sites for hydroxylation is 1. The van der Waals surface area contributed by atoms with Crippen LogP contribution in [0.4, 0.5) is 0 Å². The molecule has 1 aliphatic carbocycles. The Balaban J connectivity index is 0.00000156. The maximum Gasteiger partial charge on any atom is 0.253 e. The first kappa shape index (κ1) is 21.7. The van der Waals surface area contributed by atoms with Crippen molar-refractivity contribution in [3.8, 4) is 0 Å². The molecule has 2 atom stereocenters. The van der Waals surface area contributed by atoms with E-state index in [0.717, 1.165) is 36.0 Å². The molecule has 140 valence electrons. The van der Waals surface area contributed by atoms with Gasteiger partial charge in [-0.15, -0.1) is 24.8 Å². The molecule has 1 aliphatic rings. The summed E-state index contributed by atoms with van der Waals surface area (Å²) in [6, 6.07) is 2.31. The van der Waals surface area contributed by atoms with Crippen molar-refractivity contribution in [1.82, 2.24) is 20.1 Å². The van der Waals surface area contributed by atoms with Crippen LogP contribution in [0.3, 0.4) is 0 Å². The number of carbonyl (C=O) groups is 1. The van der Waals surface area contributed by atoms with Crippen LogP contribution in [-0.4, -0.2) is 33.3 Å². The monoisotopic (exact) mass is 387 g/mol. The van der Waals surface area contributed by atoms with E-state index in [-0.39, 0.29) is 42.8 Å². The number of amides is 1. The Bertz CT molecular complexity index is 731. The van der Waals surface area contributed by atoms with Crippen molar-refractivity contribution in [2.24, 2.45) is 11.7 Å². The Morgan fingerprint density at radius 3 is 2.76 bits per heavy atom. The first-order valence-corrected chi connectivity index (χ1v) is 8.37. The van der Waals surface area contributed by atoms with E-state index in [0.29, 0.717) is 18.0 Å². The summed E-state index contributed by atoms with van der Waals surface area (Å²) in [7, 11) is 0. The Morgan fingerprint density at radius 1 is 1.40 bits per heavy atom. The number of rotatable bonds is 4. The van der Waals surface area contributed by atoms with Gasteiger partial charge in [0.05, 0.1) is 17.5 Å². The number of hydrogen-bond donors (Lipinski definition) is 2. The normalized spacial score (nSPS) is 19.6. The lowest BCUT2D eigenvalue weighted by Gasteiger charge is -2.20. The predicted molar refractivity (Wildman–Crippen MR) is 105 cm³/mol. The Hall–Kier alpha value is -1.37. The van der Waals surface area contributed by atoms with E-state index >= 15 is 0 Å². The summed E-state index contributed by atoms with van der Waals surface area (Å²) in [5, 5.41) is 8.42. The van der Waals surface area contributed by atoms with E-state index in [4.69, 9.17) is 5.73 Å². The molecule has 0 radical (unpaired) electrons. The highest BCUT2D eigenvalue weighted by atomic mass is 35.5. The molecule has 8 heteroatoms. The average molecular weight is 388 g/mol. The molecule has 2 heterocycles. The van der Waals surface area contributed by atoms with Gasteiger partial charge in [0.15, 0.2) is 5.65 Å². The minimum atomic E-state index is -0.0560. The van der Waals surface area contributed by atoms with Gasteiger partial charge in [-0.3, -0.25) is 4.79 Å². The third-order valence-electron chi connectivity index (χ3n) is 4.77. The highest BCUT2D eigenvalue weighted by Gasteiger charge is 2.28. The van der Waals surface area contributed by atoms with Crippen LogP contribution in [0.25, 0.3) is 11.0 Å². The van der Waals surface area contributed by atoms with E-state index < -0.39 is 0 Å². The smallest absolute Gasteiger partial charge is 0.253 e. The van der Waals surface area contributed by atoms with Crippen molar-refractivity contribution >= 4 is 41.8 Å². The highest BCUT2D eigenvalue weighted by Crippen LogP contribution is 2.25. The van der Waals surface area contributed by atoms with Gasteiger partial charge >= 0.3 is 0 Å². The van der Waals surface area contributed by atoms with Crippen LogP contribution < -0.4 is 11.1 Å². The van der Waals surface area contributed by atoms with E-state index in [1.807, 2.05) is 17.7 Å². The van der Waals surface area contributed by atoms with Crippen LogP contribution in [-0.2, 0) is 0 Å². The molecule has 2 unspecified atom stereocenters. The number of hydrogen-bond acceptors (Lipinski definition) is 4. The summed E-state index contributed by atoms with van der Waals surface area (Å²) >= 11 is 0. The molecule has 1 amide bonds. The average Bonchev–Trinajstić information content (AvgIpc) is 3.12. The second-order valence-electron chi connectivity index (χ2n) is 6.72. The molecule has 1 saturated carbocycles. The largest absolute Gasteiger partial charge is 0.349 e. The zero-order valence-corrected chi connectivity index (χ0v) is 16.5. The molecule has 2 aromatic rings. The van der Waals surface area contributed by atoms with E-state index in [1.165, 1.54) is 0 Å². The molecule has 0 spiro atoms. The van der Waals surface area contributed by atoms with Crippen LogP contribution in [0.1, 0.15) is 55.2 Å². The van der Waals surface area contributed by atoms with Gasteiger partial charge in [-0.1, -0.05) is 6.42 Å². The van der Waals surface area contributed by atoms with Gasteiger partial charge in [-0.05, 0) is 52.1 Å². The molecular weight excluding hydrogens is 361 g/mol. The predicted octanol–water partition coefficient (Wildman–Crippen LogP) is 3.02. The highest BCUT2D eigenvalue weighted by molar-refractivity contribution is 5.98. The topological polar surface area (TPSA) is 85.8 Å². The van der Waals surface area contributed by atoms with Gasteiger partial charge in [0.1, 0.15) is 0 Å². The molecule has 0 aliphatic heterocycles. The number of pyridine rings is 1. The fourth-order valence-electron chi connectivity index (χ4n) is 3.43.